The fraction of sp³-hybridized carbons (Fsp3) is 0.348. The van der Waals surface area contributed by atoms with Gasteiger partial charge in [0.1, 0.15) is 5.82 Å². The minimum Gasteiger partial charge on any atom is -0.452 e. The van der Waals surface area contributed by atoms with E-state index in [1.165, 1.54) is 5.56 Å². The van der Waals surface area contributed by atoms with E-state index in [0.29, 0.717) is 5.56 Å². The summed E-state index contributed by atoms with van der Waals surface area (Å²) in [5.41, 5.74) is 4.11. The zero-order valence-corrected chi connectivity index (χ0v) is 16.6. The van der Waals surface area contributed by atoms with E-state index >= 15 is 0 Å². The minimum atomic E-state index is -0.499. The van der Waals surface area contributed by atoms with Crippen LogP contribution in [-0.4, -0.2) is 46.4 Å². The fourth-order valence-corrected chi connectivity index (χ4v) is 3.61. The average molecular weight is 391 g/mol. The number of H-pyrrole nitrogens is 1. The van der Waals surface area contributed by atoms with Crippen molar-refractivity contribution in [3.63, 3.8) is 0 Å². The van der Waals surface area contributed by atoms with Crippen LogP contribution in [0.3, 0.4) is 0 Å². The van der Waals surface area contributed by atoms with Crippen LogP contribution in [0.1, 0.15) is 41.6 Å². The lowest BCUT2D eigenvalue weighted by Gasteiger charge is -2.19. The molecule has 1 amide bonds. The van der Waals surface area contributed by atoms with E-state index in [0.717, 1.165) is 61.2 Å². The number of carbonyl (C=O) groups excluding carboxylic acids is 2. The highest BCUT2D eigenvalue weighted by atomic mass is 16.5. The van der Waals surface area contributed by atoms with Crippen LogP contribution < -0.4 is 0 Å². The molecule has 1 aromatic heterocycles. The first kappa shape index (κ1) is 19.2. The van der Waals surface area contributed by atoms with Crippen LogP contribution in [0.2, 0.25) is 0 Å². The van der Waals surface area contributed by atoms with E-state index in [1.807, 2.05) is 31.2 Å². The van der Waals surface area contributed by atoms with Crippen molar-refractivity contribution in [3.05, 3.63) is 53.6 Å². The minimum absolute atomic E-state index is 0.121. The number of rotatable bonds is 4. The van der Waals surface area contributed by atoms with Crippen molar-refractivity contribution in [3.8, 4) is 11.4 Å². The quantitative estimate of drug-likeness (QED) is 0.680. The van der Waals surface area contributed by atoms with Gasteiger partial charge in [0.15, 0.2) is 6.61 Å². The largest absolute Gasteiger partial charge is 0.452 e. The van der Waals surface area contributed by atoms with Gasteiger partial charge < -0.3 is 14.6 Å². The summed E-state index contributed by atoms with van der Waals surface area (Å²) in [6.45, 7) is 3.32. The molecule has 1 saturated heterocycles. The Labute approximate surface area is 169 Å². The lowest BCUT2D eigenvalue weighted by atomic mass is 10.1. The Bertz CT molecular complexity index is 1020. The molecule has 1 aliphatic heterocycles. The van der Waals surface area contributed by atoms with Crippen molar-refractivity contribution in [2.45, 2.75) is 32.6 Å². The van der Waals surface area contributed by atoms with Crippen molar-refractivity contribution < 1.29 is 14.3 Å². The zero-order chi connectivity index (χ0) is 20.2. The van der Waals surface area contributed by atoms with Gasteiger partial charge in [-0.1, -0.05) is 42.7 Å². The van der Waals surface area contributed by atoms with E-state index in [-0.39, 0.29) is 12.5 Å². The van der Waals surface area contributed by atoms with E-state index in [1.54, 1.807) is 23.1 Å². The first-order valence-electron chi connectivity index (χ1n) is 10.1. The van der Waals surface area contributed by atoms with Crippen molar-refractivity contribution in [2.24, 2.45) is 0 Å². The Morgan fingerprint density at radius 1 is 1.03 bits per heavy atom. The van der Waals surface area contributed by atoms with Gasteiger partial charge in [0.25, 0.3) is 5.91 Å². The standard InChI is InChI=1S/C23H25N3O3/c1-16-6-8-17(9-7-16)22-24-19-11-10-18(14-20(19)25-22)23(28)29-15-21(27)26-12-4-2-3-5-13-26/h6-11,14H,2-5,12-13,15H2,1H3,(H,24,25). The number of ether oxygens (including phenoxy) is 1. The predicted octanol–water partition coefficient (Wildman–Crippen LogP) is 4.10. The third-order valence-electron chi connectivity index (χ3n) is 5.33. The monoisotopic (exact) mass is 391 g/mol. The van der Waals surface area contributed by atoms with Gasteiger partial charge in [-0.2, -0.15) is 0 Å². The molecule has 2 aromatic carbocycles. The Balaban J connectivity index is 1.43. The van der Waals surface area contributed by atoms with E-state index < -0.39 is 5.97 Å². The van der Waals surface area contributed by atoms with Gasteiger partial charge in [-0.25, -0.2) is 9.78 Å². The molecule has 1 aliphatic rings. The third-order valence-corrected chi connectivity index (χ3v) is 5.33. The first-order chi connectivity index (χ1) is 14.1. The molecular weight excluding hydrogens is 366 g/mol. The number of carbonyl (C=O) groups is 2. The number of fused-ring (bicyclic) bond motifs is 1. The molecule has 150 valence electrons. The highest BCUT2D eigenvalue weighted by Crippen LogP contribution is 2.22. The molecule has 0 radical (unpaired) electrons. The maximum atomic E-state index is 12.4. The molecule has 0 saturated carbocycles. The van der Waals surface area contributed by atoms with E-state index in [2.05, 4.69) is 9.97 Å². The van der Waals surface area contributed by atoms with Crippen LogP contribution in [0, 0.1) is 6.92 Å². The number of imidazole rings is 1. The molecule has 3 aromatic rings. The number of benzene rings is 2. The molecule has 4 rings (SSSR count). The van der Waals surface area contributed by atoms with Crippen molar-refractivity contribution in [1.29, 1.82) is 0 Å². The molecule has 0 spiro atoms. The molecule has 2 heterocycles. The van der Waals surface area contributed by atoms with Crippen LogP contribution in [0.15, 0.2) is 42.5 Å². The second-order valence-corrected chi connectivity index (χ2v) is 7.55. The second kappa shape index (κ2) is 8.47. The summed E-state index contributed by atoms with van der Waals surface area (Å²) in [5.74, 6) is 0.132. The molecule has 0 atom stereocenters. The number of nitrogens with zero attached hydrogens (tertiary/aromatic N) is 2. The van der Waals surface area contributed by atoms with E-state index in [4.69, 9.17) is 4.74 Å². The number of aromatic nitrogens is 2. The summed E-state index contributed by atoms with van der Waals surface area (Å²) in [6, 6.07) is 13.3. The fourth-order valence-electron chi connectivity index (χ4n) is 3.61. The van der Waals surface area contributed by atoms with Crippen molar-refractivity contribution in [1.82, 2.24) is 14.9 Å². The molecule has 29 heavy (non-hydrogen) atoms. The third kappa shape index (κ3) is 4.47. The molecule has 0 bridgehead atoms. The van der Waals surface area contributed by atoms with Crippen molar-refractivity contribution >= 4 is 22.9 Å². The number of nitrogens with one attached hydrogen (secondary N) is 1. The van der Waals surface area contributed by atoms with Gasteiger partial charge in [0.2, 0.25) is 0 Å². The normalized spacial score (nSPS) is 14.6. The molecular formula is C23H25N3O3. The lowest BCUT2D eigenvalue weighted by Crippen LogP contribution is -2.35. The second-order valence-electron chi connectivity index (χ2n) is 7.55. The number of amides is 1. The van der Waals surface area contributed by atoms with Gasteiger partial charge in [-0.3, -0.25) is 4.79 Å². The number of aryl methyl sites for hydroxylation is 1. The summed E-state index contributed by atoms with van der Waals surface area (Å²) in [6.07, 6.45) is 4.33. The van der Waals surface area contributed by atoms with Crippen LogP contribution >= 0.6 is 0 Å². The van der Waals surface area contributed by atoms with Crippen molar-refractivity contribution in [2.75, 3.05) is 19.7 Å². The van der Waals surface area contributed by atoms with Crippen LogP contribution in [-0.2, 0) is 9.53 Å². The topological polar surface area (TPSA) is 75.3 Å². The summed E-state index contributed by atoms with van der Waals surface area (Å²) < 4.78 is 5.27. The SMILES string of the molecule is Cc1ccc(-c2nc3ccc(C(=O)OCC(=O)N4CCCCCC4)cc3[nH]2)cc1. The Kier molecular flexibility index (Phi) is 5.60. The van der Waals surface area contributed by atoms with Gasteiger partial charge in [-0.15, -0.1) is 0 Å². The van der Waals surface area contributed by atoms with Crippen LogP contribution in [0.25, 0.3) is 22.4 Å². The Hall–Kier alpha value is -3.15. The van der Waals surface area contributed by atoms with Crippen LogP contribution in [0.4, 0.5) is 0 Å². The molecule has 0 unspecified atom stereocenters. The molecule has 1 fully saturated rings. The smallest absolute Gasteiger partial charge is 0.338 e. The zero-order valence-electron chi connectivity index (χ0n) is 16.6. The van der Waals surface area contributed by atoms with E-state index in [9.17, 15) is 9.59 Å². The maximum absolute atomic E-state index is 12.4. The number of likely N-dealkylation sites (tertiary alicyclic amines) is 1. The number of hydrogen-bond donors (Lipinski definition) is 1. The summed E-state index contributed by atoms with van der Waals surface area (Å²) in [4.78, 5) is 34.4. The Morgan fingerprint density at radius 3 is 2.48 bits per heavy atom. The van der Waals surface area contributed by atoms with Gasteiger partial charge in [-0.05, 0) is 38.0 Å². The summed E-state index contributed by atoms with van der Waals surface area (Å²) in [5, 5.41) is 0. The molecule has 6 nitrogen and oxygen atoms in total. The maximum Gasteiger partial charge on any atom is 0.338 e. The number of hydrogen-bond acceptors (Lipinski definition) is 4. The number of aromatic amines is 1. The number of esters is 1. The predicted molar refractivity (Wildman–Crippen MR) is 112 cm³/mol. The first-order valence-corrected chi connectivity index (χ1v) is 10.1. The Morgan fingerprint density at radius 2 is 1.76 bits per heavy atom. The van der Waals surface area contributed by atoms with Crippen LogP contribution in [0.5, 0.6) is 0 Å². The molecule has 0 aliphatic carbocycles. The lowest BCUT2D eigenvalue weighted by molar-refractivity contribution is -0.134. The molecule has 6 heteroatoms. The van der Waals surface area contributed by atoms with Gasteiger partial charge in [0, 0.05) is 18.7 Å². The highest BCUT2D eigenvalue weighted by Gasteiger charge is 2.18. The van der Waals surface area contributed by atoms with Gasteiger partial charge >= 0.3 is 5.97 Å². The summed E-state index contributed by atoms with van der Waals surface area (Å²) in [7, 11) is 0. The van der Waals surface area contributed by atoms with Gasteiger partial charge in [0.05, 0.1) is 16.6 Å². The summed E-state index contributed by atoms with van der Waals surface area (Å²) >= 11 is 0. The highest BCUT2D eigenvalue weighted by molar-refractivity contribution is 5.95. The average Bonchev–Trinajstić information content (AvgIpc) is 2.96. The molecule has 1 N–H and O–H groups in total.